The van der Waals surface area contributed by atoms with Gasteiger partial charge >= 0.3 is 0 Å². The van der Waals surface area contributed by atoms with Gasteiger partial charge in [-0.15, -0.1) is 0 Å². The maximum absolute atomic E-state index is 13.4. The second kappa shape index (κ2) is 6.38. The number of hydrogen-bond donors (Lipinski definition) is 0. The third-order valence-corrected chi connectivity index (χ3v) is 6.34. The Bertz CT molecular complexity index is 611. The fourth-order valence-electron chi connectivity index (χ4n) is 4.99. The Kier molecular flexibility index (Phi) is 4.23. The molecule has 3 aliphatic rings. The summed E-state index contributed by atoms with van der Waals surface area (Å²) in [5.41, 5.74) is 0.897. The van der Waals surface area contributed by atoms with Gasteiger partial charge in [0.2, 0.25) is 5.91 Å². The molecular weight excluding hydrogens is 298 g/mol. The summed E-state index contributed by atoms with van der Waals surface area (Å²) in [7, 11) is 0. The van der Waals surface area contributed by atoms with Gasteiger partial charge in [-0.25, -0.2) is 4.98 Å². The SMILES string of the molecule is Cc1cccc(N2CCC3(CCCN(C4CCCCC4)C3=O)C2)n1. The van der Waals surface area contributed by atoms with Crippen molar-refractivity contribution in [3.05, 3.63) is 23.9 Å². The Morgan fingerprint density at radius 3 is 2.71 bits per heavy atom. The van der Waals surface area contributed by atoms with Crippen molar-refractivity contribution < 1.29 is 4.79 Å². The van der Waals surface area contributed by atoms with Gasteiger partial charge in [0.15, 0.2) is 0 Å². The first kappa shape index (κ1) is 15.9. The Balaban J connectivity index is 1.51. The molecule has 0 radical (unpaired) electrons. The van der Waals surface area contributed by atoms with Crippen molar-refractivity contribution in [2.45, 2.75) is 64.3 Å². The van der Waals surface area contributed by atoms with Crippen LogP contribution in [0.2, 0.25) is 0 Å². The molecule has 0 N–H and O–H groups in total. The van der Waals surface area contributed by atoms with Gasteiger partial charge in [-0.05, 0) is 51.2 Å². The molecule has 4 rings (SSSR count). The molecule has 4 nitrogen and oxygen atoms in total. The van der Waals surface area contributed by atoms with Gasteiger partial charge in [-0.3, -0.25) is 4.79 Å². The molecule has 130 valence electrons. The van der Waals surface area contributed by atoms with Gasteiger partial charge in [-0.1, -0.05) is 25.3 Å². The number of rotatable bonds is 2. The van der Waals surface area contributed by atoms with Gasteiger partial charge in [0.25, 0.3) is 0 Å². The number of carbonyl (C=O) groups is 1. The molecule has 1 aromatic heterocycles. The van der Waals surface area contributed by atoms with Crippen LogP contribution in [0.5, 0.6) is 0 Å². The van der Waals surface area contributed by atoms with Crippen LogP contribution in [0.4, 0.5) is 5.82 Å². The van der Waals surface area contributed by atoms with E-state index in [4.69, 9.17) is 0 Å². The maximum Gasteiger partial charge on any atom is 0.230 e. The first-order valence-corrected chi connectivity index (χ1v) is 9.68. The zero-order chi connectivity index (χ0) is 16.6. The van der Waals surface area contributed by atoms with Crippen molar-refractivity contribution in [3.63, 3.8) is 0 Å². The monoisotopic (exact) mass is 327 g/mol. The highest BCUT2D eigenvalue weighted by Crippen LogP contribution is 2.42. The first-order valence-electron chi connectivity index (χ1n) is 9.68. The molecule has 1 aromatic rings. The fourth-order valence-corrected chi connectivity index (χ4v) is 4.99. The van der Waals surface area contributed by atoms with Crippen LogP contribution in [0, 0.1) is 12.3 Å². The molecule has 1 atom stereocenters. The van der Waals surface area contributed by atoms with Gasteiger partial charge in [-0.2, -0.15) is 0 Å². The number of anilines is 1. The predicted molar refractivity (Wildman–Crippen MR) is 96.1 cm³/mol. The van der Waals surface area contributed by atoms with Crippen molar-refractivity contribution >= 4 is 11.7 Å². The summed E-state index contributed by atoms with van der Waals surface area (Å²) in [5, 5.41) is 0. The topological polar surface area (TPSA) is 36.4 Å². The van der Waals surface area contributed by atoms with E-state index < -0.39 is 0 Å². The van der Waals surface area contributed by atoms with Crippen LogP contribution >= 0.6 is 0 Å². The molecule has 1 amide bonds. The van der Waals surface area contributed by atoms with Crippen LogP contribution in [0.3, 0.4) is 0 Å². The van der Waals surface area contributed by atoms with E-state index in [0.717, 1.165) is 50.4 Å². The number of piperidine rings is 1. The third-order valence-electron chi connectivity index (χ3n) is 6.34. The van der Waals surface area contributed by atoms with Crippen LogP contribution in [0.15, 0.2) is 18.2 Å². The minimum absolute atomic E-state index is 0.152. The highest BCUT2D eigenvalue weighted by molar-refractivity contribution is 5.85. The number of nitrogens with zero attached hydrogens (tertiary/aromatic N) is 3. The van der Waals surface area contributed by atoms with Crippen LogP contribution in [0.1, 0.15) is 57.1 Å². The van der Waals surface area contributed by atoms with Crippen molar-refractivity contribution in [2.24, 2.45) is 5.41 Å². The number of aromatic nitrogens is 1. The lowest BCUT2D eigenvalue weighted by atomic mass is 9.77. The molecule has 1 aliphatic carbocycles. The minimum atomic E-state index is -0.152. The number of pyridine rings is 1. The molecule has 3 fully saturated rings. The van der Waals surface area contributed by atoms with Crippen molar-refractivity contribution in [3.8, 4) is 0 Å². The van der Waals surface area contributed by atoms with Gasteiger partial charge in [0.05, 0.1) is 5.41 Å². The molecular formula is C20H29N3O. The van der Waals surface area contributed by atoms with E-state index in [1.54, 1.807) is 0 Å². The van der Waals surface area contributed by atoms with Crippen molar-refractivity contribution in [1.82, 2.24) is 9.88 Å². The number of hydrogen-bond acceptors (Lipinski definition) is 3. The lowest BCUT2D eigenvalue weighted by molar-refractivity contribution is -0.148. The van der Waals surface area contributed by atoms with Gasteiger partial charge in [0.1, 0.15) is 5.82 Å². The normalized spacial score (nSPS) is 28.8. The first-order chi connectivity index (χ1) is 11.7. The molecule has 3 heterocycles. The summed E-state index contributed by atoms with van der Waals surface area (Å²) >= 11 is 0. The average Bonchev–Trinajstić information content (AvgIpc) is 3.03. The molecule has 1 spiro atoms. The molecule has 1 unspecified atom stereocenters. The average molecular weight is 327 g/mol. The van der Waals surface area contributed by atoms with Crippen LogP contribution < -0.4 is 4.90 Å². The summed E-state index contributed by atoms with van der Waals surface area (Å²) in [6.45, 7) is 4.83. The quantitative estimate of drug-likeness (QED) is 0.833. The fraction of sp³-hybridized carbons (Fsp3) is 0.700. The predicted octanol–water partition coefficient (Wildman–Crippen LogP) is 3.54. The summed E-state index contributed by atoms with van der Waals surface area (Å²) in [5.74, 6) is 1.48. The molecule has 24 heavy (non-hydrogen) atoms. The molecule has 0 aromatic carbocycles. The number of amides is 1. The number of carbonyl (C=O) groups excluding carboxylic acids is 1. The van der Waals surface area contributed by atoms with Gasteiger partial charge < -0.3 is 9.80 Å². The van der Waals surface area contributed by atoms with Crippen LogP contribution in [0.25, 0.3) is 0 Å². The zero-order valence-corrected chi connectivity index (χ0v) is 14.8. The molecule has 2 saturated heterocycles. The Labute approximate surface area is 145 Å². The summed E-state index contributed by atoms with van der Waals surface area (Å²) in [6, 6.07) is 6.69. The second-order valence-electron chi connectivity index (χ2n) is 7.98. The maximum atomic E-state index is 13.4. The van der Waals surface area contributed by atoms with E-state index in [0.29, 0.717) is 11.9 Å². The zero-order valence-electron chi connectivity index (χ0n) is 14.8. The highest BCUT2D eigenvalue weighted by atomic mass is 16.2. The summed E-state index contributed by atoms with van der Waals surface area (Å²) in [6.07, 6.45) is 9.56. The van der Waals surface area contributed by atoms with E-state index >= 15 is 0 Å². The lowest BCUT2D eigenvalue weighted by Crippen LogP contribution is -2.54. The number of likely N-dealkylation sites (tertiary alicyclic amines) is 1. The van der Waals surface area contributed by atoms with Crippen molar-refractivity contribution in [2.75, 3.05) is 24.5 Å². The molecule has 2 aliphatic heterocycles. The Hall–Kier alpha value is -1.58. The molecule has 0 bridgehead atoms. The van der Waals surface area contributed by atoms with Gasteiger partial charge in [0, 0.05) is 31.4 Å². The van der Waals surface area contributed by atoms with E-state index in [1.807, 2.05) is 13.0 Å². The second-order valence-corrected chi connectivity index (χ2v) is 7.98. The van der Waals surface area contributed by atoms with Crippen molar-refractivity contribution in [1.29, 1.82) is 0 Å². The van der Waals surface area contributed by atoms with Crippen LogP contribution in [-0.4, -0.2) is 41.5 Å². The summed E-state index contributed by atoms with van der Waals surface area (Å²) < 4.78 is 0. The van der Waals surface area contributed by atoms with E-state index in [1.165, 1.54) is 32.1 Å². The third kappa shape index (κ3) is 2.80. The molecule has 4 heteroatoms. The number of aryl methyl sites for hydroxylation is 1. The van der Waals surface area contributed by atoms with E-state index in [9.17, 15) is 4.79 Å². The summed E-state index contributed by atoms with van der Waals surface area (Å²) in [4.78, 5) is 22.6. The molecule has 1 saturated carbocycles. The minimum Gasteiger partial charge on any atom is -0.355 e. The van der Waals surface area contributed by atoms with Crippen LogP contribution in [-0.2, 0) is 4.79 Å². The Morgan fingerprint density at radius 2 is 1.92 bits per heavy atom. The van der Waals surface area contributed by atoms with E-state index in [2.05, 4.69) is 26.9 Å². The van der Waals surface area contributed by atoms with E-state index in [-0.39, 0.29) is 5.41 Å². The Morgan fingerprint density at radius 1 is 1.08 bits per heavy atom. The largest absolute Gasteiger partial charge is 0.355 e. The highest BCUT2D eigenvalue weighted by Gasteiger charge is 2.49. The lowest BCUT2D eigenvalue weighted by Gasteiger charge is -2.44. The smallest absolute Gasteiger partial charge is 0.230 e. The standard InChI is InChI=1S/C20H29N3O/c1-16-7-5-10-18(21-16)22-14-12-20(15-22)11-6-13-23(19(20)24)17-8-3-2-4-9-17/h5,7,10,17H,2-4,6,8-9,11-15H2,1H3.